The predicted molar refractivity (Wildman–Crippen MR) is 157 cm³/mol. The monoisotopic (exact) mass is 538 g/mol. The third-order valence-electron chi connectivity index (χ3n) is 6.75. The second-order valence-corrected chi connectivity index (χ2v) is 10.6. The van der Waals surface area contributed by atoms with Crippen LogP contribution in [-0.4, -0.2) is 25.6 Å². The molecule has 2 atom stereocenters. The molecule has 1 fully saturated rings. The summed E-state index contributed by atoms with van der Waals surface area (Å²) in [5.41, 5.74) is 5.64. The number of thiazole rings is 1. The first-order valence-electron chi connectivity index (χ1n) is 12.5. The SMILES string of the molecule is CCC(=O)Nc1ccc(N2C(=S)NC(c3ccccn3)C2c2cccn2-c2nc3ccccc3s2)cc1C. The summed E-state index contributed by atoms with van der Waals surface area (Å²) in [6.45, 7) is 3.84. The fourth-order valence-corrected chi connectivity index (χ4v) is 6.20. The Morgan fingerprint density at radius 1 is 1.11 bits per heavy atom. The molecule has 0 spiro atoms. The van der Waals surface area contributed by atoms with Crippen molar-refractivity contribution in [1.29, 1.82) is 0 Å². The van der Waals surface area contributed by atoms with Crippen molar-refractivity contribution >= 4 is 56.2 Å². The summed E-state index contributed by atoms with van der Waals surface area (Å²) < 4.78 is 3.29. The first-order chi connectivity index (χ1) is 18.5. The van der Waals surface area contributed by atoms with Crippen molar-refractivity contribution in [3.05, 3.63) is 102 Å². The van der Waals surface area contributed by atoms with Crippen LogP contribution >= 0.6 is 23.6 Å². The topological polar surface area (TPSA) is 75.1 Å². The fraction of sp³-hybridized carbons (Fsp3) is 0.172. The third kappa shape index (κ3) is 4.33. The normalized spacial score (nSPS) is 17.1. The number of carbonyl (C=O) groups is 1. The van der Waals surface area contributed by atoms with Crippen LogP contribution in [0.1, 0.15) is 42.4 Å². The predicted octanol–water partition coefficient (Wildman–Crippen LogP) is 6.32. The van der Waals surface area contributed by atoms with Crippen LogP contribution in [0.5, 0.6) is 0 Å². The molecule has 2 unspecified atom stereocenters. The molecule has 5 aromatic rings. The molecule has 0 bridgehead atoms. The number of nitrogens with one attached hydrogen (secondary N) is 2. The van der Waals surface area contributed by atoms with Crippen LogP contribution in [0, 0.1) is 6.92 Å². The number of aryl methyl sites for hydroxylation is 1. The van der Waals surface area contributed by atoms with E-state index >= 15 is 0 Å². The maximum Gasteiger partial charge on any atom is 0.224 e. The lowest BCUT2D eigenvalue weighted by atomic mass is 10.0. The highest BCUT2D eigenvalue weighted by Gasteiger charge is 2.42. The van der Waals surface area contributed by atoms with Crippen molar-refractivity contribution < 1.29 is 4.79 Å². The Hall–Kier alpha value is -4.08. The molecule has 1 aliphatic heterocycles. The number of hydrogen-bond acceptors (Lipinski definition) is 5. The Kier molecular flexibility index (Phi) is 6.39. The molecule has 1 amide bonds. The number of carbonyl (C=O) groups excluding carboxylic acids is 1. The van der Waals surface area contributed by atoms with E-state index in [1.807, 2.05) is 74.6 Å². The smallest absolute Gasteiger partial charge is 0.224 e. The molecule has 4 heterocycles. The summed E-state index contributed by atoms with van der Waals surface area (Å²) in [4.78, 5) is 23.7. The summed E-state index contributed by atoms with van der Waals surface area (Å²) in [5, 5.41) is 8.03. The molecule has 6 rings (SSSR count). The van der Waals surface area contributed by atoms with Crippen molar-refractivity contribution in [2.75, 3.05) is 10.2 Å². The molecule has 0 radical (unpaired) electrons. The van der Waals surface area contributed by atoms with Crippen molar-refractivity contribution in [3.63, 3.8) is 0 Å². The lowest BCUT2D eigenvalue weighted by Gasteiger charge is -2.29. The number of nitrogens with zero attached hydrogens (tertiary/aromatic N) is 4. The van der Waals surface area contributed by atoms with Crippen molar-refractivity contribution in [2.45, 2.75) is 32.4 Å². The number of rotatable bonds is 6. The van der Waals surface area contributed by atoms with Crippen LogP contribution in [0.15, 0.2) is 85.2 Å². The zero-order chi connectivity index (χ0) is 26.2. The number of fused-ring (bicyclic) bond motifs is 1. The van der Waals surface area contributed by atoms with Crippen LogP contribution in [-0.2, 0) is 4.79 Å². The number of pyridine rings is 1. The van der Waals surface area contributed by atoms with E-state index in [9.17, 15) is 4.79 Å². The van der Waals surface area contributed by atoms with Crippen LogP contribution in [0.3, 0.4) is 0 Å². The van der Waals surface area contributed by atoms with Gasteiger partial charge in [-0.05, 0) is 79.3 Å². The number of anilines is 2. The molecule has 0 aliphatic carbocycles. The van der Waals surface area contributed by atoms with E-state index in [-0.39, 0.29) is 18.0 Å². The molecule has 2 aromatic carbocycles. The molecule has 3 aromatic heterocycles. The van der Waals surface area contributed by atoms with E-state index in [4.69, 9.17) is 17.2 Å². The minimum Gasteiger partial charge on any atom is -0.351 e. The van der Waals surface area contributed by atoms with Gasteiger partial charge in [0.1, 0.15) is 6.04 Å². The molecular formula is C29H26N6OS2. The van der Waals surface area contributed by atoms with Crippen LogP contribution in [0.2, 0.25) is 0 Å². The standard InChI is InChI=1S/C29H26N6OS2/c1-3-25(36)31-20-14-13-19(17-18(20)2)35-27(26(33-28(35)37)22-10-6-7-15-30-22)23-11-8-16-34(23)29-32-21-9-4-5-12-24(21)38-29/h4-17,26-27H,3H2,1-2H3,(H,31,36)(H,33,37). The van der Waals surface area contributed by atoms with Gasteiger partial charge in [-0.15, -0.1) is 0 Å². The number of hydrogen-bond donors (Lipinski definition) is 2. The van der Waals surface area contributed by atoms with Crippen molar-refractivity contribution in [1.82, 2.24) is 19.9 Å². The average Bonchev–Trinajstić information content (AvgIpc) is 3.66. The van der Waals surface area contributed by atoms with Crippen LogP contribution < -0.4 is 15.5 Å². The minimum absolute atomic E-state index is 0.0130. The average molecular weight is 539 g/mol. The molecular weight excluding hydrogens is 512 g/mol. The quantitative estimate of drug-likeness (QED) is 0.247. The summed E-state index contributed by atoms with van der Waals surface area (Å²) >= 11 is 7.58. The van der Waals surface area contributed by atoms with Crippen molar-refractivity contribution in [3.8, 4) is 5.13 Å². The number of para-hydroxylation sites is 1. The van der Waals surface area contributed by atoms with Gasteiger partial charge in [0.15, 0.2) is 10.2 Å². The van der Waals surface area contributed by atoms with Gasteiger partial charge in [-0.3, -0.25) is 14.3 Å². The maximum absolute atomic E-state index is 12.0. The first-order valence-corrected chi connectivity index (χ1v) is 13.7. The van der Waals surface area contributed by atoms with E-state index in [0.29, 0.717) is 11.5 Å². The zero-order valence-corrected chi connectivity index (χ0v) is 22.6. The van der Waals surface area contributed by atoms with Gasteiger partial charge in [0, 0.05) is 30.2 Å². The van der Waals surface area contributed by atoms with Gasteiger partial charge in [0.25, 0.3) is 0 Å². The zero-order valence-electron chi connectivity index (χ0n) is 21.0. The summed E-state index contributed by atoms with van der Waals surface area (Å²) in [6.07, 6.45) is 4.29. The van der Waals surface area contributed by atoms with Gasteiger partial charge in [-0.25, -0.2) is 4.98 Å². The van der Waals surface area contributed by atoms with Gasteiger partial charge in [0.2, 0.25) is 5.91 Å². The van der Waals surface area contributed by atoms with E-state index in [0.717, 1.165) is 43.7 Å². The number of thiocarbonyl (C=S) groups is 1. The number of aromatic nitrogens is 3. The van der Waals surface area contributed by atoms with E-state index in [1.54, 1.807) is 11.3 Å². The second kappa shape index (κ2) is 10.00. The van der Waals surface area contributed by atoms with Gasteiger partial charge in [0.05, 0.1) is 27.6 Å². The number of amides is 1. The Morgan fingerprint density at radius 3 is 2.71 bits per heavy atom. The van der Waals surface area contributed by atoms with Gasteiger partial charge < -0.3 is 15.5 Å². The largest absolute Gasteiger partial charge is 0.351 e. The van der Waals surface area contributed by atoms with E-state index < -0.39 is 0 Å². The fourth-order valence-electron chi connectivity index (χ4n) is 4.88. The first kappa shape index (κ1) is 24.3. The highest BCUT2D eigenvalue weighted by molar-refractivity contribution is 7.80. The summed E-state index contributed by atoms with van der Waals surface area (Å²) in [5.74, 6) is -0.0130. The highest BCUT2D eigenvalue weighted by atomic mass is 32.1. The molecule has 7 nitrogen and oxygen atoms in total. The Labute approximate surface area is 230 Å². The van der Waals surface area contributed by atoms with Gasteiger partial charge >= 0.3 is 0 Å². The van der Waals surface area contributed by atoms with E-state index in [1.165, 1.54) is 0 Å². The highest BCUT2D eigenvalue weighted by Crippen LogP contribution is 2.43. The van der Waals surface area contributed by atoms with Gasteiger partial charge in [-0.1, -0.05) is 36.5 Å². The Bertz CT molecular complexity index is 1610. The molecule has 1 saturated heterocycles. The number of benzene rings is 2. The minimum atomic E-state index is -0.185. The van der Waals surface area contributed by atoms with Crippen molar-refractivity contribution in [2.24, 2.45) is 0 Å². The molecule has 9 heteroatoms. The molecule has 190 valence electrons. The molecule has 2 N–H and O–H groups in total. The van der Waals surface area contributed by atoms with Crippen LogP contribution in [0.25, 0.3) is 15.3 Å². The lowest BCUT2D eigenvalue weighted by Crippen LogP contribution is -2.30. The third-order valence-corrected chi connectivity index (χ3v) is 8.10. The lowest BCUT2D eigenvalue weighted by molar-refractivity contribution is -0.115. The molecule has 0 saturated carbocycles. The Balaban J connectivity index is 1.46. The molecule has 1 aliphatic rings. The Morgan fingerprint density at radius 2 is 1.95 bits per heavy atom. The molecule has 38 heavy (non-hydrogen) atoms. The van der Waals surface area contributed by atoms with E-state index in [2.05, 4.69) is 49.5 Å². The van der Waals surface area contributed by atoms with Crippen LogP contribution in [0.4, 0.5) is 11.4 Å². The summed E-state index contributed by atoms with van der Waals surface area (Å²) in [7, 11) is 0. The summed E-state index contributed by atoms with van der Waals surface area (Å²) in [6, 6.07) is 23.9. The van der Waals surface area contributed by atoms with Gasteiger partial charge in [-0.2, -0.15) is 0 Å². The maximum atomic E-state index is 12.0. The second-order valence-electron chi connectivity index (χ2n) is 9.16.